The maximum atomic E-state index is 8.25. The van der Waals surface area contributed by atoms with Gasteiger partial charge in [0, 0.05) is 0 Å². The Morgan fingerprint density at radius 2 is 0.182 bits per heavy atom. The molecule has 0 aromatic heterocycles. The summed E-state index contributed by atoms with van der Waals surface area (Å²) in [5.41, 5.74) is 0. The minimum Gasteiger partial charge on any atom is -0.857 e. The first kappa shape index (κ1) is 91.7. The zero-order chi connectivity index (χ0) is 20.0. The van der Waals surface area contributed by atoms with Crippen molar-refractivity contribution in [2.75, 3.05) is 71.1 Å². The van der Waals surface area contributed by atoms with Crippen molar-refractivity contribution < 1.29 is 95.8 Å². The molecule has 0 unspecified atom stereocenters. The van der Waals surface area contributed by atoms with Crippen molar-refractivity contribution in [2.24, 2.45) is 0 Å². The Kier molecular flexibility index (Phi) is 35000. The van der Waals surface area contributed by atoms with E-state index in [1.165, 1.54) is 0 Å². The van der Waals surface area contributed by atoms with Crippen LogP contribution in [0.2, 0.25) is 0 Å². The van der Waals surface area contributed by atoms with Crippen molar-refractivity contribution in [1.82, 2.24) is 0 Å². The largest absolute Gasteiger partial charge is 5.00 e. The normalized spacial score (nSPS) is 2.73. The van der Waals surface area contributed by atoms with Gasteiger partial charge in [0.1, 0.15) is 0 Å². The van der Waals surface area contributed by atoms with E-state index >= 15 is 0 Å². The molecule has 140 valence electrons. The Morgan fingerprint density at radius 3 is 0.182 bits per heavy atom. The fourth-order valence-electron chi connectivity index (χ4n) is 0. The minimum absolute atomic E-state index is 0. The molecule has 0 saturated carbocycles. The second kappa shape index (κ2) is 8400. The van der Waals surface area contributed by atoms with Gasteiger partial charge in [-0.1, -0.05) is 0 Å². The molecule has 0 aliphatic rings. The first-order valence-electron chi connectivity index (χ1n) is 4.08. The minimum atomic E-state index is 0. The molecule has 0 heterocycles. The SMILES string of the molecule is C[O-].C[O-].C[O-].C[O-].C[O-].C[O-].C[O-].C[O-].C[O-].C[O-].[Ta+5].[Ta+5]. The average molecular weight is 672 g/mol. The van der Waals surface area contributed by atoms with Crippen LogP contribution < -0.4 is 51.1 Å². The van der Waals surface area contributed by atoms with Gasteiger partial charge in [0.25, 0.3) is 0 Å². The zero-order valence-electron chi connectivity index (χ0n) is 15.0. The summed E-state index contributed by atoms with van der Waals surface area (Å²) in [6.45, 7) is 0. The number of hydrogen-bond acceptors (Lipinski definition) is 10. The molecule has 0 aliphatic heterocycles. The van der Waals surface area contributed by atoms with E-state index < -0.39 is 0 Å². The van der Waals surface area contributed by atoms with Crippen LogP contribution in [0.25, 0.3) is 0 Å². The Balaban J connectivity index is -0.00000000500. The van der Waals surface area contributed by atoms with Crippen LogP contribution in [0, 0.1) is 0 Å². The van der Waals surface area contributed by atoms with Gasteiger partial charge < -0.3 is 51.1 Å². The van der Waals surface area contributed by atoms with Crippen LogP contribution in [0.1, 0.15) is 0 Å². The molecular weight excluding hydrogens is 642 g/mol. The molecular formula is C10H30O10Ta2. The summed E-state index contributed by atoms with van der Waals surface area (Å²) in [6.07, 6.45) is 0. The topological polar surface area (TPSA) is 231 Å². The van der Waals surface area contributed by atoms with E-state index in [4.69, 9.17) is 51.1 Å². The molecule has 0 amide bonds. The Labute approximate surface area is 166 Å². The van der Waals surface area contributed by atoms with E-state index in [1.54, 1.807) is 0 Å². The van der Waals surface area contributed by atoms with Crippen LogP contribution in [-0.4, -0.2) is 71.1 Å². The molecule has 10 nitrogen and oxygen atoms in total. The fraction of sp³-hybridized carbons (Fsp3) is 1.00. The second-order valence-electron chi connectivity index (χ2n) is 0. The van der Waals surface area contributed by atoms with Crippen LogP contribution in [0.4, 0.5) is 0 Å². The Hall–Kier alpha value is 1.08. The van der Waals surface area contributed by atoms with Crippen LogP contribution in [0.5, 0.6) is 0 Å². The quantitative estimate of drug-likeness (QED) is 0.236. The summed E-state index contributed by atoms with van der Waals surface area (Å²) in [7, 11) is 7.50. The molecule has 0 aliphatic carbocycles. The summed E-state index contributed by atoms with van der Waals surface area (Å²) < 4.78 is 0. The second-order valence-corrected chi connectivity index (χ2v) is 0. The third kappa shape index (κ3) is 7280. The standard InChI is InChI=1S/10CH3O.2Ta/c10*1-2;;/h10*1H3;;/q10*-1;2*+5. The number of hydrogen-bond donors (Lipinski definition) is 0. The van der Waals surface area contributed by atoms with Crippen molar-refractivity contribution in [1.29, 1.82) is 0 Å². The van der Waals surface area contributed by atoms with Crippen molar-refractivity contribution in [3.05, 3.63) is 0 Å². The molecule has 22 heavy (non-hydrogen) atoms. The molecule has 0 saturated heterocycles. The van der Waals surface area contributed by atoms with Crippen LogP contribution in [0.15, 0.2) is 0 Å². The average Bonchev–Trinajstić information content (AvgIpc) is 2.71. The smallest absolute Gasteiger partial charge is 0.857 e. The molecule has 0 N–H and O–H groups in total. The van der Waals surface area contributed by atoms with E-state index in [1.807, 2.05) is 0 Å². The van der Waals surface area contributed by atoms with Gasteiger partial charge >= 0.3 is 44.8 Å². The van der Waals surface area contributed by atoms with Crippen molar-refractivity contribution in [2.45, 2.75) is 0 Å². The van der Waals surface area contributed by atoms with Gasteiger partial charge in [-0.05, 0) is 0 Å². The molecule has 0 bridgehead atoms. The summed E-state index contributed by atoms with van der Waals surface area (Å²) in [5, 5.41) is 82.5. The van der Waals surface area contributed by atoms with Gasteiger partial charge in [-0.2, -0.15) is 71.1 Å². The third-order valence-electron chi connectivity index (χ3n) is 0. The molecule has 0 rings (SSSR count). The predicted octanol–water partition coefficient (Wildman–Crippen LogP) is -10.2. The van der Waals surface area contributed by atoms with E-state index in [0.717, 1.165) is 71.1 Å². The molecule has 0 fully saturated rings. The predicted molar refractivity (Wildman–Crippen MR) is 59.2 cm³/mol. The molecule has 0 spiro atoms. The monoisotopic (exact) mass is 672 g/mol. The third-order valence-corrected chi connectivity index (χ3v) is 0. The maximum absolute atomic E-state index is 8.25. The fourth-order valence-corrected chi connectivity index (χ4v) is 0. The Morgan fingerprint density at radius 1 is 0.182 bits per heavy atom. The van der Waals surface area contributed by atoms with E-state index in [-0.39, 0.29) is 44.8 Å². The van der Waals surface area contributed by atoms with Gasteiger partial charge in [-0.25, -0.2) is 0 Å². The van der Waals surface area contributed by atoms with E-state index in [9.17, 15) is 0 Å². The molecule has 12 heteroatoms. The molecule has 0 radical (unpaired) electrons. The van der Waals surface area contributed by atoms with Crippen LogP contribution in [0.3, 0.4) is 0 Å². The van der Waals surface area contributed by atoms with Gasteiger partial charge in [0.2, 0.25) is 0 Å². The van der Waals surface area contributed by atoms with Gasteiger partial charge in [-0.15, -0.1) is 0 Å². The zero-order valence-corrected chi connectivity index (χ0v) is 21.4. The summed E-state index contributed by atoms with van der Waals surface area (Å²) >= 11 is 0. The first-order chi connectivity index (χ1) is 10.0. The molecule has 0 aromatic carbocycles. The van der Waals surface area contributed by atoms with E-state index in [0.29, 0.717) is 0 Å². The maximum Gasteiger partial charge on any atom is 5.00 e. The Bertz CT molecular complexity index is 29.7. The molecule has 0 aromatic rings. The van der Waals surface area contributed by atoms with Gasteiger partial charge in [0.05, 0.1) is 0 Å². The van der Waals surface area contributed by atoms with Crippen molar-refractivity contribution in [3.8, 4) is 0 Å². The number of rotatable bonds is 0. The van der Waals surface area contributed by atoms with E-state index in [2.05, 4.69) is 0 Å². The summed E-state index contributed by atoms with van der Waals surface area (Å²) in [5.74, 6) is 0. The molecule has 0 atom stereocenters. The summed E-state index contributed by atoms with van der Waals surface area (Å²) in [4.78, 5) is 0. The van der Waals surface area contributed by atoms with Crippen LogP contribution >= 0.6 is 0 Å². The first-order valence-corrected chi connectivity index (χ1v) is 4.08. The van der Waals surface area contributed by atoms with Gasteiger partial charge in [0.15, 0.2) is 0 Å². The van der Waals surface area contributed by atoms with Crippen molar-refractivity contribution >= 4 is 0 Å². The van der Waals surface area contributed by atoms with Crippen molar-refractivity contribution in [3.63, 3.8) is 0 Å². The summed E-state index contributed by atoms with van der Waals surface area (Å²) in [6, 6.07) is 0. The van der Waals surface area contributed by atoms with Crippen LogP contribution in [-0.2, 0) is 44.8 Å². The van der Waals surface area contributed by atoms with Gasteiger partial charge in [-0.3, -0.25) is 0 Å².